The van der Waals surface area contributed by atoms with E-state index in [0.717, 1.165) is 5.56 Å². The molecular weight excluding hydrogens is 208 g/mol. The average Bonchev–Trinajstić information content (AvgIpc) is 2.93. The zero-order valence-corrected chi connectivity index (χ0v) is 9.01. The molecular formula is C11H14N2O3. The number of nitrogens with one attached hydrogen (secondary N) is 1. The van der Waals surface area contributed by atoms with Crippen molar-refractivity contribution >= 4 is 5.69 Å². The second kappa shape index (κ2) is 4.09. The second-order valence-corrected chi connectivity index (χ2v) is 4.28. The van der Waals surface area contributed by atoms with Crippen molar-refractivity contribution in [3.63, 3.8) is 0 Å². The monoisotopic (exact) mass is 222 g/mol. The molecule has 1 saturated carbocycles. The van der Waals surface area contributed by atoms with E-state index in [9.17, 15) is 15.2 Å². The van der Waals surface area contributed by atoms with Gasteiger partial charge in [-0.2, -0.15) is 0 Å². The SMILES string of the molecule is CC1CC1NCc1ccc(O)c([N+](=O)[O-])c1. The number of phenols is 1. The lowest BCUT2D eigenvalue weighted by atomic mass is 10.2. The largest absolute Gasteiger partial charge is 0.502 e. The fourth-order valence-corrected chi connectivity index (χ4v) is 1.68. The van der Waals surface area contributed by atoms with Crippen molar-refractivity contribution in [2.75, 3.05) is 0 Å². The number of hydrogen-bond acceptors (Lipinski definition) is 4. The molecule has 16 heavy (non-hydrogen) atoms. The molecule has 5 nitrogen and oxygen atoms in total. The van der Waals surface area contributed by atoms with Crippen LogP contribution in [0.2, 0.25) is 0 Å². The van der Waals surface area contributed by atoms with E-state index in [1.165, 1.54) is 18.6 Å². The maximum absolute atomic E-state index is 10.6. The molecule has 2 N–H and O–H groups in total. The Kier molecular flexibility index (Phi) is 2.78. The van der Waals surface area contributed by atoms with Crippen LogP contribution >= 0.6 is 0 Å². The lowest BCUT2D eigenvalue weighted by molar-refractivity contribution is -0.385. The van der Waals surface area contributed by atoms with E-state index in [4.69, 9.17) is 0 Å². The second-order valence-electron chi connectivity index (χ2n) is 4.28. The molecule has 0 radical (unpaired) electrons. The van der Waals surface area contributed by atoms with Crippen LogP contribution < -0.4 is 5.32 Å². The third-order valence-electron chi connectivity index (χ3n) is 2.91. The summed E-state index contributed by atoms with van der Waals surface area (Å²) in [6.07, 6.45) is 1.17. The van der Waals surface area contributed by atoms with Gasteiger partial charge >= 0.3 is 5.69 Å². The van der Waals surface area contributed by atoms with Crippen LogP contribution in [-0.2, 0) is 6.54 Å². The van der Waals surface area contributed by atoms with Crippen LogP contribution in [0.4, 0.5) is 5.69 Å². The molecule has 0 amide bonds. The predicted octanol–water partition coefficient (Wildman–Crippen LogP) is 1.80. The van der Waals surface area contributed by atoms with E-state index in [-0.39, 0.29) is 11.4 Å². The summed E-state index contributed by atoms with van der Waals surface area (Å²) >= 11 is 0. The molecule has 0 aliphatic heterocycles. The Morgan fingerprint density at radius 1 is 1.62 bits per heavy atom. The van der Waals surface area contributed by atoms with Crippen molar-refractivity contribution in [3.8, 4) is 5.75 Å². The van der Waals surface area contributed by atoms with Crippen molar-refractivity contribution in [2.45, 2.75) is 25.9 Å². The van der Waals surface area contributed by atoms with E-state index < -0.39 is 4.92 Å². The Bertz CT molecular complexity index is 420. The van der Waals surface area contributed by atoms with Gasteiger partial charge in [-0.1, -0.05) is 13.0 Å². The third-order valence-corrected chi connectivity index (χ3v) is 2.91. The van der Waals surface area contributed by atoms with E-state index >= 15 is 0 Å². The number of hydrogen-bond donors (Lipinski definition) is 2. The number of rotatable bonds is 4. The minimum absolute atomic E-state index is 0.233. The molecule has 1 aromatic carbocycles. The lowest BCUT2D eigenvalue weighted by Crippen LogP contribution is -2.17. The number of aromatic hydroxyl groups is 1. The summed E-state index contributed by atoms with van der Waals surface area (Å²) in [5.41, 5.74) is 0.590. The van der Waals surface area contributed by atoms with Crippen LogP contribution in [0.15, 0.2) is 18.2 Å². The van der Waals surface area contributed by atoms with E-state index in [1.807, 2.05) is 0 Å². The Balaban J connectivity index is 2.04. The molecule has 1 aliphatic carbocycles. The average molecular weight is 222 g/mol. The van der Waals surface area contributed by atoms with Gasteiger partial charge in [0.1, 0.15) is 0 Å². The first-order chi connectivity index (χ1) is 7.58. The topological polar surface area (TPSA) is 75.4 Å². The van der Waals surface area contributed by atoms with Crippen LogP contribution in [0.5, 0.6) is 5.75 Å². The molecule has 0 saturated heterocycles. The van der Waals surface area contributed by atoms with Gasteiger partial charge in [0.05, 0.1) is 4.92 Å². The molecule has 1 aliphatic rings. The van der Waals surface area contributed by atoms with Gasteiger partial charge < -0.3 is 10.4 Å². The molecule has 2 rings (SSSR count). The van der Waals surface area contributed by atoms with Gasteiger partial charge in [0.15, 0.2) is 5.75 Å². The summed E-state index contributed by atoms with van der Waals surface area (Å²) in [5.74, 6) is 0.417. The van der Waals surface area contributed by atoms with Gasteiger partial charge in [-0.15, -0.1) is 0 Å². The molecule has 1 aromatic rings. The molecule has 0 bridgehead atoms. The van der Waals surface area contributed by atoms with Gasteiger partial charge in [0, 0.05) is 18.7 Å². The van der Waals surface area contributed by atoms with Crippen molar-refractivity contribution in [1.82, 2.24) is 5.32 Å². The van der Waals surface area contributed by atoms with Gasteiger partial charge in [-0.3, -0.25) is 10.1 Å². The quantitative estimate of drug-likeness (QED) is 0.601. The maximum atomic E-state index is 10.6. The van der Waals surface area contributed by atoms with Crippen LogP contribution in [0.3, 0.4) is 0 Å². The lowest BCUT2D eigenvalue weighted by Gasteiger charge is -2.04. The molecule has 5 heteroatoms. The van der Waals surface area contributed by atoms with Crippen molar-refractivity contribution < 1.29 is 10.0 Å². The molecule has 0 heterocycles. The molecule has 0 spiro atoms. The normalized spacial score (nSPS) is 23.1. The summed E-state index contributed by atoms with van der Waals surface area (Å²) in [6, 6.07) is 5.01. The summed E-state index contributed by atoms with van der Waals surface area (Å²) in [6.45, 7) is 2.77. The van der Waals surface area contributed by atoms with E-state index in [0.29, 0.717) is 18.5 Å². The molecule has 86 valence electrons. The predicted molar refractivity (Wildman–Crippen MR) is 59.2 cm³/mol. The zero-order valence-electron chi connectivity index (χ0n) is 9.01. The van der Waals surface area contributed by atoms with Gasteiger partial charge in [-0.25, -0.2) is 0 Å². The Hall–Kier alpha value is -1.62. The first-order valence-electron chi connectivity index (χ1n) is 5.27. The van der Waals surface area contributed by atoms with Crippen LogP contribution in [0.25, 0.3) is 0 Å². The van der Waals surface area contributed by atoms with Gasteiger partial charge in [-0.05, 0) is 24.0 Å². The van der Waals surface area contributed by atoms with E-state index in [2.05, 4.69) is 12.2 Å². The number of nitrogens with zero attached hydrogens (tertiary/aromatic N) is 1. The minimum Gasteiger partial charge on any atom is -0.502 e. The van der Waals surface area contributed by atoms with Crippen LogP contribution in [0.1, 0.15) is 18.9 Å². The zero-order chi connectivity index (χ0) is 11.7. The van der Waals surface area contributed by atoms with Crippen molar-refractivity contribution in [3.05, 3.63) is 33.9 Å². The Morgan fingerprint density at radius 2 is 2.31 bits per heavy atom. The maximum Gasteiger partial charge on any atom is 0.311 e. The molecule has 1 fully saturated rings. The Morgan fingerprint density at radius 3 is 2.88 bits per heavy atom. The fraction of sp³-hybridized carbons (Fsp3) is 0.455. The highest BCUT2D eigenvalue weighted by molar-refractivity contribution is 5.47. The number of phenolic OH excluding ortho intramolecular Hbond substituents is 1. The molecule has 2 unspecified atom stereocenters. The number of nitro benzene ring substituents is 1. The first-order valence-corrected chi connectivity index (χ1v) is 5.27. The standard InChI is InChI=1S/C11H14N2O3/c1-7-4-9(7)12-6-8-2-3-11(14)10(5-8)13(15)16/h2-3,5,7,9,12,14H,4,6H2,1H3. The van der Waals surface area contributed by atoms with Crippen LogP contribution in [0, 0.1) is 16.0 Å². The minimum atomic E-state index is -0.571. The highest BCUT2D eigenvalue weighted by Gasteiger charge is 2.31. The highest BCUT2D eigenvalue weighted by atomic mass is 16.6. The summed E-state index contributed by atoms with van der Waals surface area (Å²) in [4.78, 5) is 10.0. The Labute approximate surface area is 93.2 Å². The van der Waals surface area contributed by atoms with Gasteiger partial charge in [0.25, 0.3) is 0 Å². The van der Waals surface area contributed by atoms with E-state index in [1.54, 1.807) is 6.07 Å². The summed E-state index contributed by atoms with van der Waals surface area (Å²) < 4.78 is 0. The molecule has 0 aromatic heterocycles. The third kappa shape index (κ3) is 2.30. The molecule has 2 atom stereocenters. The highest BCUT2D eigenvalue weighted by Crippen LogP contribution is 2.30. The first kappa shape index (κ1) is 10.9. The smallest absolute Gasteiger partial charge is 0.311 e. The number of nitro groups is 1. The summed E-state index contributed by atoms with van der Waals surface area (Å²) in [5, 5.41) is 23.2. The van der Waals surface area contributed by atoms with Crippen molar-refractivity contribution in [1.29, 1.82) is 0 Å². The number of benzene rings is 1. The van der Waals surface area contributed by atoms with Crippen molar-refractivity contribution in [2.24, 2.45) is 5.92 Å². The summed E-state index contributed by atoms with van der Waals surface area (Å²) in [7, 11) is 0. The van der Waals surface area contributed by atoms with Crippen LogP contribution in [-0.4, -0.2) is 16.1 Å². The van der Waals surface area contributed by atoms with Gasteiger partial charge in [0.2, 0.25) is 0 Å². The fourth-order valence-electron chi connectivity index (χ4n) is 1.68.